The fourth-order valence-corrected chi connectivity index (χ4v) is 1.64. The van der Waals surface area contributed by atoms with Gasteiger partial charge in [-0.15, -0.1) is 5.10 Å². The summed E-state index contributed by atoms with van der Waals surface area (Å²) in [7, 11) is 0. The average molecular weight is 266 g/mol. The van der Waals surface area contributed by atoms with Crippen LogP contribution in [0.15, 0.2) is 35.3 Å². The number of hydrogen-bond donors (Lipinski definition) is 0. The lowest BCUT2D eigenvalue weighted by Gasteiger charge is -2.06. The van der Waals surface area contributed by atoms with Crippen LogP contribution in [0.2, 0.25) is 0 Å². The molecule has 78 valence electrons. The summed E-state index contributed by atoms with van der Waals surface area (Å²) in [4.78, 5) is 4.02. The summed E-state index contributed by atoms with van der Waals surface area (Å²) >= 11 is 3.22. The lowest BCUT2D eigenvalue weighted by molar-refractivity contribution is 0.850. The van der Waals surface area contributed by atoms with Crippen LogP contribution in [0.4, 0.5) is 0 Å². The van der Waals surface area contributed by atoms with Crippen LogP contribution in [0.5, 0.6) is 0 Å². The Balaban J connectivity index is 2.31. The predicted octanol–water partition coefficient (Wildman–Crippen LogP) is 3.15. The van der Waals surface area contributed by atoms with Gasteiger partial charge < -0.3 is 0 Å². The molecule has 1 aromatic heterocycles. The van der Waals surface area contributed by atoms with E-state index in [1.54, 1.807) is 11.0 Å². The molecule has 0 aliphatic carbocycles. The standard InChI is InChI=1S/C11H12BrN3/c1-8(2)9-3-5-10(6-4-9)15-7-13-11(12)14-15/h3-8H,1-2H3. The molecule has 4 heteroatoms. The van der Waals surface area contributed by atoms with Crippen molar-refractivity contribution >= 4 is 15.9 Å². The van der Waals surface area contributed by atoms with Gasteiger partial charge in [0.25, 0.3) is 0 Å². The minimum absolute atomic E-state index is 0.557. The normalized spacial score (nSPS) is 10.9. The van der Waals surface area contributed by atoms with Gasteiger partial charge in [0, 0.05) is 0 Å². The largest absolute Gasteiger partial charge is 0.220 e. The monoisotopic (exact) mass is 265 g/mol. The van der Waals surface area contributed by atoms with E-state index in [1.807, 2.05) is 0 Å². The maximum atomic E-state index is 4.18. The van der Waals surface area contributed by atoms with Crippen LogP contribution in [0.3, 0.4) is 0 Å². The van der Waals surface area contributed by atoms with Crippen LogP contribution in [0.1, 0.15) is 25.3 Å². The first-order valence-electron chi connectivity index (χ1n) is 4.84. The second-order valence-electron chi connectivity index (χ2n) is 3.70. The van der Waals surface area contributed by atoms with Crippen LogP contribution >= 0.6 is 15.9 Å². The lowest BCUT2D eigenvalue weighted by atomic mass is 10.0. The van der Waals surface area contributed by atoms with Gasteiger partial charge in [-0.05, 0) is 39.5 Å². The van der Waals surface area contributed by atoms with E-state index < -0.39 is 0 Å². The van der Waals surface area contributed by atoms with Crippen molar-refractivity contribution in [1.82, 2.24) is 14.8 Å². The number of nitrogens with zero attached hydrogens (tertiary/aromatic N) is 3. The smallest absolute Gasteiger partial charge is 0.217 e. The molecule has 0 aliphatic heterocycles. The van der Waals surface area contributed by atoms with Crippen LogP contribution < -0.4 is 0 Å². The molecule has 0 bridgehead atoms. The fraction of sp³-hybridized carbons (Fsp3) is 0.273. The van der Waals surface area contributed by atoms with E-state index in [0.717, 1.165) is 5.69 Å². The average Bonchev–Trinajstić information content (AvgIpc) is 2.65. The molecule has 0 aliphatic rings. The van der Waals surface area contributed by atoms with Gasteiger partial charge in [0.15, 0.2) is 0 Å². The van der Waals surface area contributed by atoms with Gasteiger partial charge in [-0.1, -0.05) is 26.0 Å². The van der Waals surface area contributed by atoms with Crippen molar-refractivity contribution in [2.45, 2.75) is 19.8 Å². The zero-order chi connectivity index (χ0) is 10.8. The number of benzene rings is 1. The molecule has 0 saturated carbocycles. The van der Waals surface area contributed by atoms with E-state index >= 15 is 0 Å². The van der Waals surface area contributed by atoms with Gasteiger partial charge >= 0.3 is 0 Å². The highest BCUT2D eigenvalue weighted by molar-refractivity contribution is 9.10. The highest BCUT2D eigenvalue weighted by Gasteiger charge is 2.01. The van der Waals surface area contributed by atoms with E-state index in [1.165, 1.54) is 5.56 Å². The summed E-state index contributed by atoms with van der Waals surface area (Å²) in [6.07, 6.45) is 1.69. The lowest BCUT2D eigenvalue weighted by Crippen LogP contribution is -1.95. The summed E-state index contributed by atoms with van der Waals surface area (Å²) in [5, 5.41) is 4.18. The first kappa shape index (κ1) is 10.4. The van der Waals surface area contributed by atoms with E-state index in [2.05, 4.69) is 64.1 Å². The Kier molecular flexibility index (Phi) is 2.86. The van der Waals surface area contributed by atoms with Gasteiger partial charge in [-0.3, -0.25) is 0 Å². The maximum Gasteiger partial charge on any atom is 0.217 e. The number of rotatable bonds is 2. The van der Waals surface area contributed by atoms with Crippen molar-refractivity contribution in [3.63, 3.8) is 0 Å². The summed E-state index contributed by atoms with van der Waals surface area (Å²) < 4.78 is 2.35. The van der Waals surface area contributed by atoms with Crippen molar-refractivity contribution in [3.05, 3.63) is 40.9 Å². The first-order valence-corrected chi connectivity index (χ1v) is 5.63. The molecule has 0 radical (unpaired) electrons. The van der Waals surface area contributed by atoms with E-state index in [4.69, 9.17) is 0 Å². The molecule has 1 heterocycles. The third-order valence-electron chi connectivity index (χ3n) is 2.29. The SMILES string of the molecule is CC(C)c1ccc(-n2cnc(Br)n2)cc1. The third-order valence-corrected chi connectivity index (χ3v) is 2.65. The van der Waals surface area contributed by atoms with Crippen molar-refractivity contribution < 1.29 is 0 Å². The zero-order valence-electron chi connectivity index (χ0n) is 8.68. The molecule has 15 heavy (non-hydrogen) atoms. The predicted molar refractivity (Wildman–Crippen MR) is 63.1 cm³/mol. The molecule has 0 unspecified atom stereocenters. The van der Waals surface area contributed by atoms with Crippen LogP contribution in [-0.2, 0) is 0 Å². The molecule has 0 N–H and O–H groups in total. The van der Waals surface area contributed by atoms with E-state index in [-0.39, 0.29) is 0 Å². The van der Waals surface area contributed by atoms with E-state index in [9.17, 15) is 0 Å². The first-order chi connectivity index (χ1) is 7.16. The van der Waals surface area contributed by atoms with Crippen LogP contribution in [-0.4, -0.2) is 14.8 Å². The molecule has 0 atom stereocenters. The van der Waals surface area contributed by atoms with Crippen LogP contribution in [0, 0.1) is 0 Å². The molecule has 0 saturated heterocycles. The molecular formula is C11H12BrN3. The number of hydrogen-bond acceptors (Lipinski definition) is 2. The maximum absolute atomic E-state index is 4.18. The third kappa shape index (κ3) is 2.26. The van der Waals surface area contributed by atoms with Gasteiger partial charge in [0.05, 0.1) is 5.69 Å². The summed E-state index contributed by atoms with van der Waals surface area (Å²) in [6, 6.07) is 8.35. The second-order valence-corrected chi connectivity index (χ2v) is 4.41. The Morgan fingerprint density at radius 1 is 1.20 bits per heavy atom. The van der Waals surface area contributed by atoms with Crippen LogP contribution in [0.25, 0.3) is 5.69 Å². The fourth-order valence-electron chi connectivity index (χ4n) is 1.38. The zero-order valence-corrected chi connectivity index (χ0v) is 10.3. The highest BCUT2D eigenvalue weighted by Crippen LogP contribution is 2.16. The molecule has 0 spiro atoms. The summed E-state index contributed by atoms with van der Waals surface area (Å²) in [5.74, 6) is 0.557. The minimum Gasteiger partial charge on any atom is -0.220 e. The van der Waals surface area contributed by atoms with Gasteiger partial charge in [0.2, 0.25) is 4.73 Å². The Morgan fingerprint density at radius 3 is 2.33 bits per heavy atom. The molecule has 1 aromatic carbocycles. The Hall–Kier alpha value is -1.16. The van der Waals surface area contributed by atoms with Gasteiger partial charge in [-0.25, -0.2) is 9.67 Å². The van der Waals surface area contributed by atoms with Crippen molar-refractivity contribution in [1.29, 1.82) is 0 Å². The molecular weight excluding hydrogens is 254 g/mol. The molecule has 2 rings (SSSR count). The number of halogens is 1. The number of aromatic nitrogens is 3. The molecule has 2 aromatic rings. The minimum atomic E-state index is 0.557. The topological polar surface area (TPSA) is 30.7 Å². The molecule has 0 amide bonds. The highest BCUT2D eigenvalue weighted by atomic mass is 79.9. The van der Waals surface area contributed by atoms with Crippen molar-refractivity contribution in [2.75, 3.05) is 0 Å². The summed E-state index contributed by atoms with van der Waals surface area (Å²) in [6.45, 7) is 4.36. The van der Waals surface area contributed by atoms with E-state index in [0.29, 0.717) is 10.7 Å². The Labute approximate surface area is 97.3 Å². The summed E-state index contributed by atoms with van der Waals surface area (Å²) in [5.41, 5.74) is 2.36. The van der Waals surface area contributed by atoms with Crippen molar-refractivity contribution in [3.8, 4) is 5.69 Å². The molecule has 3 nitrogen and oxygen atoms in total. The van der Waals surface area contributed by atoms with Gasteiger partial charge in [-0.2, -0.15) is 0 Å². The molecule has 0 fully saturated rings. The quantitative estimate of drug-likeness (QED) is 0.835. The Bertz CT molecular complexity index is 445. The Morgan fingerprint density at radius 2 is 1.87 bits per heavy atom. The van der Waals surface area contributed by atoms with Gasteiger partial charge in [0.1, 0.15) is 6.33 Å². The second kappa shape index (κ2) is 4.14. The van der Waals surface area contributed by atoms with Crippen molar-refractivity contribution in [2.24, 2.45) is 0 Å².